The first kappa shape index (κ1) is 10.4. The summed E-state index contributed by atoms with van der Waals surface area (Å²) in [7, 11) is 0. The van der Waals surface area contributed by atoms with Crippen molar-refractivity contribution in [2.45, 2.75) is 0 Å². The predicted molar refractivity (Wildman–Crippen MR) is 73.2 cm³/mol. The molecular weight excluding hydrogens is 222 g/mol. The van der Waals surface area contributed by atoms with Crippen molar-refractivity contribution >= 4 is 11.4 Å². The van der Waals surface area contributed by atoms with E-state index in [1.807, 2.05) is 36.4 Å². The Balaban J connectivity index is 2.47. The van der Waals surface area contributed by atoms with Crippen LogP contribution in [0.2, 0.25) is 0 Å². The molecule has 0 unspecified atom stereocenters. The van der Waals surface area contributed by atoms with Crippen LogP contribution in [0.3, 0.4) is 0 Å². The van der Waals surface area contributed by atoms with E-state index in [0.717, 1.165) is 22.3 Å². The lowest BCUT2D eigenvalue weighted by Crippen LogP contribution is -2.01. The third-order valence-corrected chi connectivity index (χ3v) is 3.16. The highest BCUT2D eigenvalue weighted by atomic mass is 14.6. The van der Waals surface area contributed by atoms with Gasteiger partial charge >= 0.3 is 0 Å². The van der Waals surface area contributed by atoms with Gasteiger partial charge in [-0.15, -0.1) is 0 Å². The van der Waals surface area contributed by atoms with Gasteiger partial charge in [0, 0.05) is 22.5 Å². The van der Waals surface area contributed by atoms with E-state index in [9.17, 15) is 5.26 Å². The predicted octanol–water partition coefficient (Wildman–Crippen LogP) is 2.93. The number of rotatable bonds is 0. The van der Waals surface area contributed by atoms with Crippen molar-refractivity contribution in [3.8, 4) is 28.3 Å². The van der Waals surface area contributed by atoms with E-state index >= 15 is 0 Å². The third kappa shape index (κ3) is 1.30. The van der Waals surface area contributed by atoms with Gasteiger partial charge in [-0.05, 0) is 29.3 Å². The van der Waals surface area contributed by atoms with E-state index in [-0.39, 0.29) is 0 Å². The number of nitrogens with two attached hydrogens (primary N) is 2. The van der Waals surface area contributed by atoms with Gasteiger partial charge in [0.25, 0.3) is 0 Å². The summed E-state index contributed by atoms with van der Waals surface area (Å²) < 4.78 is 0. The van der Waals surface area contributed by atoms with Crippen molar-refractivity contribution in [3.63, 3.8) is 0 Å². The van der Waals surface area contributed by atoms with E-state index in [1.165, 1.54) is 0 Å². The van der Waals surface area contributed by atoms with Crippen molar-refractivity contribution < 1.29 is 0 Å². The van der Waals surface area contributed by atoms with Crippen molar-refractivity contribution in [3.05, 3.63) is 48.0 Å². The van der Waals surface area contributed by atoms with E-state index < -0.39 is 0 Å². The topological polar surface area (TPSA) is 75.8 Å². The van der Waals surface area contributed by atoms with Gasteiger partial charge in [-0.25, -0.2) is 0 Å². The summed E-state index contributed by atoms with van der Waals surface area (Å²) in [4.78, 5) is 0. The summed E-state index contributed by atoms with van der Waals surface area (Å²) in [5.41, 5.74) is 17.7. The lowest BCUT2D eigenvalue weighted by atomic mass is 9.80. The van der Waals surface area contributed by atoms with Crippen molar-refractivity contribution in [2.24, 2.45) is 0 Å². The summed E-state index contributed by atoms with van der Waals surface area (Å²) in [6, 6.07) is 15.3. The molecule has 4 N–H and O–H groups in total. The van der Waals surface area contributed by atoms with Crippen LogP contribution in [-0.2, 0) is 0 Å². The summed E-state index contributed by atoms with van der Waals surface area (Å²) >= 11 is 0. The highest BCUT2D eigenvalue weighted by Crippen LogP contribution is 2.50. The van der Waals surface area contributed by atoms with Crippen LogP contribution in [-0.4, -0.2) is 0 Å². The zero-order valence-electron chi connectivity index (χ0n) is 9.64. The van der Waals surface area contributed by atoms with Crippen LogP contribution < -0.4 is 11.5 Å². The summed E-state index contributed by atoms with van der Waals surface area (Å²) in [6.07, 6.45) is 0. The second-order valence-corrected chi connectivity index (χ2v) is 4.25. The zero-order valence-corrected chi connectivity index (χ0v) is 9.64. The molecule has 0 radical (unpaired) electrons. The van der Waals surface area contributed by atoms with Crippen molar-refractivity contribution in [2.75, 3.05) is 11.5 Å². The Hall–Kier alpha value is -2.73. The lowest BCUT2D eigenvalue weighted by Gasteiger charge is -2.22. The van der Waals surface area contributed by atoms with Gasteiger partial charge in [-0.2, -0.15) is 5.26 Å². The molecule has 0 aromatic heterocycles. The first-order valence-electron chi connectivity index (χ1n) is 5.62. The Kier molecular flexibility index (Phi) is 2.11. The number of hydrogen-bond acceptors (Lipinski definition) is 3. The summed E-state index contributed by atoms with van der Waals surface area (Å²) in [5, 5.41) is 9.19. The molecule has 0 amide bonds. The number of hydrogen-bond donors (Lipinski definition) is 2. The number of anilines is 2. The quantitative estimate of drug-likeness (QED) is 0.626. The largest absolute Gasteiger partial charge is 0.399 e. The third-order valence-electron chi connectivity index (χ3n) is 3.16. The molecular formula is C15H11N3. The Morgan fingerprint density at radius 1 is 0.889 bits per heavy atom. The molecule has 0 aliphatic heterocycles. The van der Waals surface area contributed by atoms with E-state index in [4.69, 9.17) is 11.5 Å². The molecule has 0 saturated heterocycles. The van der Waals surface area contributed by atoms with Crippen molar-refractivity contribution in [1.29, 1.82) is 5.26 Å². The molecule has 3 aliphatic carbocycles. The maximum absolute atomic E-state index is 9.19. The highest BCUT2D eigenvalue weighted by Gasteiger charge is 2.25. The monoisotopic (exact) mass is 233 g/mol. The molecule has 0 bridgehead atoms. The van der Waals surface area contributed by atoms with Gasteiger partial charge in [0.1, 0.15) is 0 Å². The van der Waals surface area contributed by atoms with Crippen LogP contribution >= 0.6 is 0 Å². The Bertz CT molecular complexity index is 725. The molecule has 3 heteroatoms. The van der Waals surface area contributed by atoms with E-state index in [0.29, 0.717) is 16.9 Å². The van der Waals surface area contributed by atoms with Gasteiger partial charge in [0.05, 0.1) is 11.6 Å². The molecule has 0 aromatic rings. The SMILES string of the molecule is N#Cc1ccccc2c3c(N)cc(N)ccc-3c1-2. The Morgan fingerprint density at radius 3 is 2.39 bits per heavy atom. The molecule has 0 fully saturated rings. The minimum atomic E-state index is 0.621. The fraction of sp³-hybridized carbons (Fsp3) is 0. The molecule has 0 aromatic carbocycles. The summed E-state index contributed by atoms with van der Waals surface area (Å²) in [5.74, 6) is 0. The second kappa shape index (κ2) is 3.64. The molecule has 3 aliphatic rings. The normalized spacial score (nSPS) is 10.6. The smallest absolute Gasteiger partial charge is 0.0998 e. The maximum atomic E-state index is 9.19. The van der Waals surface area contributed by atoms with E-state index in [2.05, 4.69) is 6.07 Å². The Morgan fingerprint density at radius 2 is 1.61 bits per heavy atom. The second-order valence-electron chi connectivity index (χ2n) is 4.25. The van der Waals surface area contributed by atoms with E-state index in [1.54, 1.807) is 6.07 Å². The lowest BCUT2D eigenvalue weighted by molar-refractivity contribution is 1.48. The molecule has 86 valence electrons. The van der Waals surface area contributed by atoms with Crippen LogP contribution in [0.15, 0.2) is 42.5 Å². The fourth-order valence-corrected chi connectivity index (χ4v) is 2.37. The highest BCUT2D eigenvalue weighted by molar-refractivity contribution is 6.08. The number of fused-ring (bicyclic) bond motifs is 4. The van der Waals surface area contributed by atoms with Gasteiger partial charge in [-0.3, -0.25) is 0 Å². The van der Waals surface area contributed by atoms with Gasteiger partial charge < -0.3 is 11.5 Å². The first-order chi connectivity index (χ1) is 8.72. The first-order valence-corrected chi connectivity index (χ1v) is 5.62. The molecule has 0 spiro atoms. The molecule has 0 saturated carbocycles. The number of nitriles is 1. The van der Waals surface area contributed by atoms with Crippen LogP contribution in [0, 0.1) is 11.3 Å². The number of nitrogen functional groups attached to an aromatic ring is 2. The van der Waals surface area contributed by atoms with Gasteiger partial charge in [0.2, 0.25) is 0 Å². The van der Waals surface area contributed by atoms with Crippen LogP contribution in [0.4, 0.5) is 11.4 Å². The molecule has 0 heterocycles. The molecule has 3 rings (SSSR count). The van der Waals surface area contributed by atoms with Crippen LogP contribution in [0.1, 0.15) is 5.56 Å². The molecule has 0 atom stereocenters. The molecule has 18 heavy (non-hydrogen) atoms. The van der Waals surface area contributed by atoms with Crippen LogP contribution in [0.25, 0.3) is 22.3 Å². The number of nitrogens with zero attached hydrogens (tertiary/aromatic N) is 1. The zero-order chi connectivity index (χ0) is 12.7. The average molecular weight is 233 g/mol. The average Bonchev–Trinajstić information content (AvgIpc) is 2.55. The maximum Gasteiger partial charge on any atom is 0.0998 e. The summed E-state index contributed by atoms with van der Waals surface area (Å²) in [6.45, 7) is 0. The fourth-order valence-electron chi connectivity index (χ4n) is 2.37. The minimum Gasteiger partial charge on any atom is -0.399 e. The van der Waals surface area contributed by atoms with Gasteiger partial charge in [0.15, 0.2) is 0 Å². The molecule has 3 nitrogen and oxygen atoms in total. The standard InChI is InChI=1S/C15H11N3/c16-8-9-3-1-2-4-11-14(9)12-6-5-10(17)7-13(18)15(11)12/h1-7H,17-18H2. The Labute approximate surface area is 105 Å². The minimum absolute atomic E-state index is 0.621. The van der Waals surface area contributed by atoms with Crippen LogP contribution in [0.5, 0.6) is 0 Å². The van der Waals surface area contributed by atoms with Crippen molar-refractivity contribution in [1.82, 2.24) is 0 Å². The van der Waals surface area contributed by atoms with Gasteiger partial charge in [-0.1, -0.05) is 24.3 Å².